The molecule has 1 amide bonds. The Labute approximate surface area is 186 Å². The number of Topliss-reactive ketones (excluding diaryl/α,β-unsaturated/α-hetero) is 2. The van der Waals surface area contributed by atoms with Crippen LogP contribution in [0.15, 0.2) is 41.1 Å². The number of hydrogen-bond acceptors (Lipinski definition) is 6. The fraction of sp³-hybridized carbons (Fsp3) is 0.458. The van der Waals surface area contributed by atoms with E-state index in [1.165, 1.54) is 4.90 Å². The topological polar surface area (TPSA) is 72.9 Å². The van der Waals surface area contributed by atoms with Crippen molar-refractivity contribution in [2.24, 2.45) is 17.8 Å². The molecule has 2 unspecified atom stereocenters. The molecule has 0 aliphatic carbocycles. The lowest BCUT2D eigenvalue weighted by Gasteiger charge is -2.40. The summed E-state index contributed by atoms with van der Waals surface area (Å²) in [6.07, 6.45) is 0. The number of carbonyl (C=O) groups is 3. The van der Waals surface area contributed by atoms with Crippen LogP contribution < -0.4 is 4.90 Å². The first-order valence-corrected chi connectivity index (χ1v) is 11.5. The smallest absolute Gasteiger partial charge is 0.295 e. The SMILES string of the molecule is CC(C)C(=O)C1C(=O)C(=O)N(c2ccc(-c3ccsc3)cc2)C1C1COC(C)(C)OC1. The first kappa shape index (κ1) is 21.9. The first-order chi connectivity index (χ1) is 14.7. The van der Waals surface area contributed by atoms with Crippen LogP contribution in [-0.2, 0) is 23.9 Å². The molecule has 2 saturated heterocycles. The summed E-state index contributed by atoms with van der Waals surface area (Å²) in [5.41, 5.74) is 2.73. The zero-order valence-corrected chi connectivity index (χ0v) is 19.0. The van der Waals surface area contributed by atoms with Gasteiger partial charge in [-0.15, -0.1) is 0 Å². The van der Waals surface area contributed by atoms with Gasteiger partial charge in [0, 0.05) is 17.5 Å². The fourth-order valence-electron chi connectivity index (χ4n) is 4.27. The van der Waals surface area contributed by atoms with Crippen molar-refractivity contribution in [3.63, 3.8) is 0 Å². The van der Waals surface area contributed by atoms with E-state index in [-0.39, 0.29) is 17.6 Å². The lowest BCUT2D eigenvalue weighted by molar-refractivity contribution is -0.264. The number of rotatable bonds is 5. The molecule has 7 heteroatoms. The van der Waals surface area contributed by atoms with Gasteiger partial charge in [0.1, 0.15) is 11.7 Å². The van der Waals surface area contributed by atoms with Crippen LogP contribution in [0.1, 0.15) is 27.7 Å². The molecule has 164 valence electrons. The number of ketones is 2. The Hall–Kier alpha value is -2.35. The summed E-state index contributed by atoms with van der Waals surface area (Å²) in [4.78, 5) is 40.5. The van der Waals surface area contributed by atoms with Crippen LogP contribution >= 0.6 is 11.3 Å². The number of benzene rings is 1. The molecule has 1 aromatic carbocycles. The largest absolute Gasteiger partial charge is 0.350 e. The summed E-state index contributed by atoms with van der Waals surface area (Å²) in [6, 6.07) is 8.94. The maximum atomic E-state index is 13.1. The molecule has 4 rings (SSSR count). The molecule has 0 spiro atoms. The maximum Gasteiger partial charge on any atom is 0.295 e. The molecule has 2 fully saturated rings. The minimum atomic E-state index is -1.01. The number of carbonyl (C=O) groups excluding carboxylic acids is 3. The molecule has 0 saturated carbocycles. The van der Waals surface area contributed by atoms with Crippen molar-refractivity contribution in [2.45, 2.75) is 39.5 Å². The van der Waals surface area contributed by atoms with E-state index in [1.54, 1.807) is 25.2 Å². The van der Waals surface area contributed by atoms with Crippen LogP contribution in [0.5, 0.6) is 0 Å². The number of amides is 1. The Kier molecular flexibility index (Phi) is 5.85. The van der Waals surface area contributed by atoms with E-state index in [0.717, 1.165) is 11.1 Å². The third kappa shape index (κ3) is 4.10. The maximum absolute atomic E-state index is 13.1. The summed E-state index contributed by atoms with van der Waals surface area (Å²) in [5, 5.41) is 4.06. The highest BCUT2D eigenvalue weighted by molar-refractivity contribution is 7.08. The van der Waals surface area contributed by atoms with Crippen molar-refractivity contribution >= 4 is 34.5 Å². The zero-order valence-electron chi connectivity index (χ0n) is 18.2. The molecule has 3 heterocycles. The standard InChI is InChI=1S/C24H27NO5S/c1-14(2)21(26)19-20(17-11-29-24(3,4)30-12-17)25(23(28)22(19)27)18-7-5-15(6-8-18)16-9-10-31-13-16/h5-10,13-14,17,19-20H,11-12H2,1-4H3. The molecule has 0 N–H and O–H groups in total. The summed E-state index contributed by atoms with van der Waals surface area (Å²) >= 11 is 1.62. The fourth-order valence-corrected chi connectivity index (χ4v) is 4.93. The van der Waals surface area contributed by atoms with Gasteiger partial charge < -0.3 is 14.4 Å². The minimum Gasteiger partial charge on any atom is -0.350 e. The average molecular weight is 442 g/mol. The zero-order chi connectivity index (χ0) is 22.3. The first-order valence-electron chi connectivity index (χ1n) is 10.5. The van der Waals surface area contributed by atoms with Crippen LogP contribution in [0.3, 0.4) is 0 Å². The minimum absolute atomic E-state index is 0.217. The molecule has 0 radical (unpaired) electrons. The highest BCUT2D eigenvalue weighted by atomic mass is 32.1. The third-order valence-electron chi connectivity index (χ3n) is 6.00. The van der Waals surface area contributed by atoms with Gasteiger partial charge in [0.25, 0.3) is 5.91 Å². The Morgan fingerprint density at radius 1 is 1.06 bits per heavy atom. The summed E-state index contributed by atoms with van der Waals surface area (Å²) < 4.78 is 11.6. The Morgan fingerprint density at radius 2 is 1.71 bits per heavy atom. The molecular weight excluding hydrogens is 414 g/mol. The van der Waals surface area contributed by atoms with Gasteiger partial charge >= 0.3 is 0 Å². The molecule has 2 aliphatic heterocycles. The molecule has 0 bridgehead atoms. The predicted octanol–water partition coefficient (Wildman–Crippen LogP) is 3.94. The van der Waals surface area contributed by atoms with Gasteiger partial charge in [-0.25, -0.2) is 0 Å². The van der Waals surface area contributed by atoms with Gasteiger partial charge in [0.15, 0.2) is 5.79 Å². The van der Waals surface area contributed by atoms with Gasteiger partial charge in [0.2, 0.25) is 5.78 Å². The van der Waals surface area contributed by atoms with E-state index < -0.39 is 29.4 Å². The second kappa shape index (κ2) is 8.30. The van der Waals surface area contributed by atoms with Crippen molar-refractivity contribution in [2.75, 3.05) is 18.1 Å². The second-order valence-electron chi connectivity index (χ2n) is 8.91. The van der Waals surface area contributed by atoms with E-state index in [0.29, 0.717) is 18.9 Å². The van der Waals surface area contributed by atoms with Crippen LogP contribution in [-0.4, -0.2) is 42.5 Å². The van der Waals surface area contributed by atoms with E-state index in [1.807, 2.05) is 49.6 Å². The van der Waals surface area contributed by atoms with Gasteiger partial charge in [-0.2, -0.15) is 11.3 Å². The molecular formula is C24H27NO5S. The van der Waals surface area contributed by atoms with E-state index in [4.69, 9.17) is 9.47 Å². The normalized spacial score (nSPS) is 24.2. The summed E-state index contributed by atoms with van der Waals surface area (Å²) in [5.74, 6) is -3.88. The highest BCUT2D eigenvalue weighted by Crippen LogP contribution is 2.38. The summed E-state index contributed by atoms with van der Waals surface area (Å²) in [7, 11) is 0. The Balaban J connectivity index is 1.71. The van der Waals surface area contributed by atoms with Crippen molar-refractivity contribution in [1.29, 1.82) is 0 Å². The molecule has 2 atom stereocenters. The van der Waals surface area contributed by atoms with Crippen LogP contribution in [0.25, 0.3) is 11.1 Å². The molecule has 6 nitrogen and oxygen atoms in total. The highest BCUT2D eigenvalue weighted by Gasteiger charge is 2.55. The number of nitrogens with zero attached hydrogens (tertiary/aromatic N) is 1. The van der Waals surface area contributed by atoms with Crippen LogP contribution in [0, 0.1) is 17.8 Å². The number of ether oxygens (including phenoxy) is 2. The van der Waals surface area contributed by atoms with Gasteiger partial charge in [-0.1, -0.05) is 26.0 Å². The van der Waals surface area contributed by atoms with Crippen LogP contribution in [0.4, 0.5) is 5.69 Å². The number of thiophene rings is 1. The second-order valence-corrected chi connectivity index (χ2v) is 9.69. The van der Waals surface area contributed by atoms with Crippen molar-refractivity contribution < 1.29 is 23.9 Å². The Morgan fingerprint density at radius 3 is 2.26 bits per heavy atom. The summed E-state index contributed by atoms with van der Waals surface area (Å²) in [6.45, 7) is 7.78. The number of hydrogen-bond donors (Lipinski definition) is 0. The van der Waals surface area contributed by atoms with Crippen molar-refractivity contribution in [3.05, 3.63) is 41.1 Å². The molecule has 2 aromatic rings. The monoisotopic (exact) mass is 441 g/mol. The number of anilines is 1. The van der Waals surface area contributed by atoms with Gasteiger partial charge in [-0.3, -0.25) is 14.4 Å². The molecule has 31 heavy (non-hydrogen) atoms. The lowest BCUT2D eigenvalue weighted by atomic mass is 9.82. The van der Waals surface area contributed by atoms with Gasteiger partial charge in [0.05, 0.1) is 19.3 Å². The lowest BCUT2D eigenvalue weighted by Crippen LogP contribution is -2.51. The predicted molar refractivity (Wildman–Crippen MR) is 119 cm³/mol. The Bertz CT molecular complexity index is 970. The third-order valence-corrected chi connectivity index (χ3v) is 6.68. The van der Waals surface area contributed by atoms with Gasteiger partial charge in [-0.05, 0) is 53.9 Å². The van der Waals surface area contributed by atoms with E-state index in [2.05, 4.69) is 5.38 Å². The van der Waals surface area contributed by atoms with Crippen molar-refractivity contribution in [1.82, 2.24) is 0 Å². The quantitative estimate of drug-likeness (QED) is 0.519. The molecule has 1 aromatic heterocycles. The van der Waals surface area contributed by atoms with E-state index in [9.17, 15) is 14.4 Å². The molecule has 2 aliphatic rings. The van der Waals surface area contributed by atoms with Crippen LogP contribution in [0.2, 0.25) is 0 Å². The van der Waals surface area contributed by atoms with E-state index >= 15 is 0 Å². The average Bonchev–Trinajstić information content (AvgIpc) is 3.35. The van der Waals surface area contributed by atoms with Crippen molar-refractivity contribution in [3.8, 4) is 11.1 Å².